The smallest absolute Gasteiger partial charge is 0.224 e. The molecule has 2 aliphatic heterocycles. The minimum Gasteiger partial charge on any atom is -0.394 e. The highest BCUT2D eigenvalue weighted by Gasteiger charge is 2.51. The number of unbranched alkanes of at least 4 members (excludes halogenated alkanes) is 25. The molecule has 2 fully saturated rings. The monoisotopic (exact) mass is 1080 g/mol. The molecule has 1 amide bonds. The van der Waals surface area contributed by atoms with Gasteiger partial charge < -0.3 is 65.1 Å². The maximum absolute atomic E-state index is 13.2. The molecular weight excluding hydrogens is 967 g/mol. The van der Waals surface area contributed by atoms with Gasteiger partial charge in [0.05, 0.1) is 32.0 Å². The summed E-state index contributed by atoms with van der Waals surface area (Å²) in [4.78, 5) is 13.2. The third-order valence-corrected chi connectivity index (χ3v) is 14.4. The van der Waals surface area contributed by atoms with E-state index in [1.54, 1.807) is 12.2 Å². The van der Waals surface area contributed by atoms with Crippen LogP contribution in [0, 0.1) is 0 Å². The second-order valence-corrected chi connectivity index (χ2v) is 21.1. The van der Waals surface area contributed by atoms with Gasteiger partial charge in [-0.15, -0.1) is 0 Å². The van der Waals surface area contributed by atoms with E-state index in [0.717, 1.165) is 51.4 Å². The van der Waals surface area contributed by atoms with Crippen molar-refractivity contribution < 1.29 is 64.6 Å². The van der Waals surface area contributed by atoms with Crippen LogP contribution < -0.4 is 5.32 Å². The number of carbonyl (C=O) groups excluding carboxylic acids is 1. The van der Waals surface area contributed by atoms with E-state index in [1.165, 1.54) is 141 Å². The topological polar surface area (TPSA) is 228 Å². The summed E-state index contributed by atoms with van der Waals surface area (Å²) in [6.45, 7) is 2.62. The van der Waals surface area contributed by atoms with Crippen LogP contribution >= 0.6 is 0 Å². The molecule has 14 nitrogen and oxygen atoms in total. The number of hydrogen-bond donors (Lipinski definition) is 9. The zero-order chi connectivity index (χ0) is 55.3. The van der Waals surface area contributed by atoms with Gasteiger partial charge in [0, 0.05) is 6.42 Å². The summed E-state index contributed by atoms with van der Waals surface area (Å²) in [7, 11) is 0. The maximum atomic E-state index is 13.2. The molecule has 2 aliphatic rings. The first kappa shape index (κ1) is 69.5. The molecule has 9 N–H and O–H groups in total. The third-order valence-electron chi connectivity index (χ3n) is 14.4. The number of ether oxygens (including phenoxy) is 4. The second kappa shape index (κ2) is 47.3. The highest BCUT2D eigenvalue weighted by Crippen LogP contribution is 2.30. The third kappa shape index (κ3) is 32.5. The summed E-state index contributed by atoms with van der Waals surface area (Å²) >= 11 is 0. The van der Waals surface area contributed by atoms with Gasteiger partial charge in [-0.3, -0.25) is 4.79 Å². The predicted octanol–water partition coefficient (Wildman–Crippen LogP) is 10.3. The van der Waals surface area contributed by atoms with E-state index in [2.05, 4.69) is 61.7 Å². The Hall–Kier alpha value is -2.57. The normalized spacial score (nSPS) is 25.4. The van der Waals surface area contributed by atoms with E-state index < -0.39 is 86.8 Å². The molecule has 76 heavy (non-hydrogen) atoms. The van der Waals surface area contributed by atoms with Crippen molar-refractivity contribution in [2.45, 2.75) is 293 Å². The van der Waals surface area contributed by atoms with Crippen molar-refractivity contribution in [3.05, 3.63) is 72.9 Å². The van der Waals surface area contributed by atoms with Crippen molar-refractivity contribution in [1.29, 1.82) is 0 Å². The fourth-order valence-corrected chi connectivity index (χ4v) is 9.60. The van der Waals surface area contributed by atoms with E-state index in [0.29, 0.717) is 6.42 Å². The van der Waals surface area contributed by atoms with Crippen LogP contribution in [0.3, 0.4) is 0 Å². The summed E-state index contributed by atoms with van der Waals surface area (Å²) in [6, 6.07) is -0.973. The number of nitrogens with one attached hydrogen (secondary N) is 1. The van der Waals surface area contributed by atoms with E-state index in [1.807, 2.05) is 18.2 Å². The van der Waals surface area contributed by atoms with Gasteiger partial charge in [0.1, 0.15) is 48.8 Å². The highest BCUT2D eigenvalue weighted by molar-refractivity contribution is 5.77. The molecule has 2 heterocycles. The average molecular weight is 1080 g/mol. The van der Waals surface area contributed by atoms with Crippen molar-refractivity contribution in [2.75, 3.05) is 19.8 Å². The first-order chi connectivity index (χ1) is 37.1. The lowest BCUT2D eigenvalue weighted by molar-refractivity contribution is -0.359. The van der Waals surface area contributed by atoms with Crippen LogP contribution in [0.25, 0.3) is 0 Å². The number of hydrogen-bond acceptors (Lipinski definition) is 13. The summed E-state index contributed by atoms with van der Waals surface area (Å²) in [5.74, 6) is -0.367. The van der Waals surface area contributed by atoms with Crippen molar-refractivity contribution in [2.24, 2.45) is 0 Å². The lowest BCUT2D eigenvalue weighted by Crippen LogP contribution is -2.65. The van der Waals surface area contributed by atoms with E-state index in [4.69, 9.17) is 18.9 Å². The van der Waals surface area contributed by atoms with Gasteiger partial charge in [-0.25, -0.2) is 0 Å². The average Bonchev–Trinajstić information content (AvgIpc) is 3.42. The van der Waals surface area contributed by atoms with Crippen molar-refractivity contribution in [1.82, 2.24) is 5.32 Å². The minimum atomic E-state index is -1.80. The van der Waals surface area contributed by atoms with E-state index >= 15 is 0 Å². The van der Waals surface area contributed by atoms with Crippen LogP contribution in [0.5, 0.6) is 0 Å². The lowest BCUT2D eigenvalue weighted by atomic mass is 9.97. The fraction of sp³-hybridized carbons (Fsp3) is 0.790. The molecule has 0 spiro atoms. The molecule has 0 saturated carbocycles. The Balaban J connectivity index is 1.76. The first-order valence-corrected chi connectivity index (χ1v) is 30.2. The van der Waals surface area contributed by atoms with Crippen LogP contribution in [0.1, 0.15) is 219 Å². The fourth-order valence-electron chi connectivity index (χ4n) is 9.60. The zero-order valence-corrected chi connectivity index (χ0v) is 47.2. The number of allylic oxidation sites excluding steroid dienone is 10. The molecule has 12 unspecified atom stereocenters. The molecule has 440 valence electrons. The Morgan fingerprint density at radius 2 is 0.895 bits per heavy atom. The number of aliphatic hydroxyl groups excluding tert-OH is 8. The largest absolute Gasteiger partial charge is 0.394 e. The number of amides is 1. The molecule has 0 radical (unpaired) electrons. The molecule has 2 saturated heterocycles. The minimum absolute atomic E-state index is 0.0465. The highest BCUT2D eigenvalue weighted by atomic mass is 16.7. The maximum Gasteiger partial charge on any atom is 0.224 e. The molecule has 0 aromatic carbocycles. The predicted molar refractivity (Wildman–Crippen MR) is 304 cm³/mol. The van der Waals surface area contributed by atoms with E-state index in [-0.39, 0.29) is 18.9 Å². The SMILES string of the molecule is CC/C=C\C/C=C\C/C=C\C/C=C\C/C=C\CC(=O)NC(COC1OC(CO)C(OC2OC(CO)C(O)C(O)C2O)C(O)C1O)C(O)/C=C/CCCCCCCCCCCCCCCCCCCCCCCCCCC. The quantitative estimate of drug-likeness (QED) is 0.0204. The molecule has 0 aliphatic carbocycles. The van der Waals surface area contributed by atoms with E-state index in [9.17, 15) is 45.6 Å². The summed E-state index contributed by atoms with van der Waals surface area (Å²) in [5, 5.41) is 86.9. The van der Waals surface area contributed by atoms with Gasteiger partial charge in [0.15, 0.2) is 12.6 Å². The molecule has 0 aromatic rings. The Morgan fingerprint density at radius 1 is 0.487 bits per heavy atom. The molecule has 0 aromatic heterocycles. The summed E-state index contributed by atoms with van der Waals surface area (Å²) in [5.41, 5.74) is 0. The second-order valence-electron chi connectivity index (χ2n) is 21.1. The molecule has 0 bridgehead atoms. The van der Waals surface area contributed by atoms with Crippen LogP contribution in [0.2, 0.25) is 0 Å². The van der Waals surface area contributed by atoms with Gasteiger partial charge >= 0.3 is 0 Å². The van der Waals surface area contributed by atoms with Crippen LogP contribution in [-0.4, -0.2) is 140 Å². The standard InChI is InChI=1S/C62H109NO13/c1-3-5-7-9-11-13-15-17-19-20-21-22-23-24-25-26-27-28-29-30-32-33-35-37-39-41-43-45-51(66)50(63-54(67)46-44-42-40-38-36-34-31-18-16-14-12-10-8-6-4-2)49-73-61-59(72)57(70)60(53(48-65)75-61)76-62-58(71)56(69)55(68)52(47-64)74-62/h6,8,12,14,18,31,36,38,42-45,50-53,55-62,64-66,68-72H,3-5,7,9-11,13,15-17,19-30,32-35,37,39-41,46-49H2,1-2H3,(H,63,67)/b8-6-,14-12-,31-18-,38-36-,44-42-,45-43+. The first-order valence-electron chi connectivity index (χ1n) is 30.2. The van der Waals surface area contributed by atoms with Gasteiger partial charge in [-0.2, -0.15) is 0 Å². The van der Waals surface area contributed by atoms with Crippen molar-refractivity contribution in [3.8, 4) is 0 Å². The molecular formula is C62H109NO13. The molecule has 12 atom stereocenters. The Kier molecular flexibility index (Phi) is 43.2. The van der Waals surface area contributed by atoms with Crippen LogP contribution in [0.4, 0.5) is 0 Å². The van der Waals surface area contributed by atoms with Gasteiger partial charge in [-0.1, -0.05) is 241 Å². The number of rotatable bonds is 47. The summed E-state index contributed by atoms with van der Waals surface area (Å²) < 4.78 is 22.7. The van der Waals surface area contributed by atoms with Crippen LogP contribution in [0.15, 0.2) is 72.9 Å². The molecule has 14 heteroatoms. The number of carbonyl (C=O) groups is 1. The Labute approximate surface area is 459 Å². The van der Waals surface area contributed by atoms with Gasteiger partial charge in [0.2, 0.25) is 5.91 Å². The van der Waals surface area contributed by atoms with Crippen molar-refractivity contribution >= 4 is 5.91 Å². The zero-order valence-electron chi connectivity index (χ0n) is 47.2. The Morgan fingerprint density at radius 3 is 1.34 bits per heavy atom. The van der Waals surface area contributed by atoms with Crippen molar-refractivity contribution in [3.63, 3.8) is 0 Å². The summed E-state index contributed by atoms with van der Waals surface area (Å²) in [6.07, 6.45) is 45.6. The van der Waals surface area contributed by atoms with Gasteiger partial charge in [-0.05, 0) is 44.9 Å². The molecule has 2 rings (SSSR count). The van der Waals surface area contributed by atoms with Crippen LogP contribution in [-0.2, 0) is 23.7 Å². The lowest BCUT2D eigenvalue weighted by Gasteiger charge is -2.46. The number of aliphatic hydroxyl groups is 8. The Bertz CT molecular complexity index is 1550. The van der Waals surface area contributed by atoms with Gasteiger partial charge in [0.25, 0.3) is 0 Å².